The summed E-state index contributed by atoms with van der Waals surface area (Å²) in [6, 6.07) is 10.2. The number of urea groups is 1. The molecule has 6 nitrogen and oxygen atoms in total. The summed E-state index contributed by atoms with van der Waals surface area (Å²) < 4.78 is 24.8. The van der Waals surface area contributed by atoms with Crippen LogP contribution >= 0.6 is 0 Å². The molecule has 2 amide bonds. The minimum atomic E-state index is -3.07. The van der Waals surface area contributed by atoms with Crippen LogP contribution in [0.15, 0.2) is 30.3 Å². The molecule has 2 aliphatic rings. The van der Waals surface area contributed by atoms with E-state index in [-0.39, 0.29) is 6.03 Å². The lowest BCUT2D eigenvalue weighted by Crippen LogP contribution is -2.41. The number of hydrogen-bond donors (Lipinski definition) is 1. The van der Waals surface area contributed by atoms with E-state index in [1.54, 1.807) is 4.31 Å². The van der Waals surface area contributed by atoms with Crippen LogP contribution in [0.3, 0.4) is 0 Å². The van der Waals surface area contributed by atoms with Crippen molar-refractivity contribution >= 4 is 16.1 Å². The number of likely N-dealkylation sites (tertiary alicyclic amines) is 1. The number of nitrogens with one attached hydrogen (secondary N) is 1. The van der Waals surface area contributed by atoms with Crippen LogP contribution in [-0.4, -0.2) is 62.6 Å². The van der Waals surface area contributed by atoms with Gasteiger partial charge < -0.3 is 10.2 Å². The van der Waals surface area contributed by atoms with Crippen LogP contribution in [0.1, 0.15) is 24.8 Å². The topological polar surface area (TPSA) is 69.7 Å². The maximum Gasteiger partial charge on any atom is 0.317 e. The maximum absolute atomic E-state index is 12.4. The fourth-order valence-electron chi connectivity index (χ4n) is 4.11. The Kier molecular flexibility index (Phi) is 6.19. The lowest BCUT2D eigenvalue weighted by Gasteiger charge is -2.33. The molecule has 1 aromatic rings. The number of carbonyl (C=O) groups is 1. The minimum absolute atomic E-state index is 0.0250. The highest BCUT2D eigenvalue weighted by Gasteiger charge is 2.35. The summed E-state index contributed by atoms with van der Waals surface area (Å²) in [5.74, 6) is 1.02. The first-order valence-electron chi connectivity index (χ1n) is 9.45. The van der Waals surface area contributed by atoms with Gasteiger partial charge in [-0.2, -0.15) is 0 Å². The van der Waals surface area contributed by atoms with Gasteiger partial charge in [0.1, 0.15) is 0 Å². The maximum atomic E-state index is 12.4. The van der Waals surface area contributed by atoms with Crippen molar-refractivity contribution in [2.24, 2.45) is 11.8 Å². The Labute approximate surface area is 156 Å². The Morgan fingerprint density at radius 1 is 1.08 bits per heavy atom. The van der Waals surface area contributed by atoms with Crippen LogP contribution in [0.5, 0.6) is 0 Å². The van der Waals surface area contributed by atoms with Crippen LogP contribution in [0.4, 0.5) is 4.79 Å². The zero-order chi connectivity index (χ0) is 18.6. The summed E-state index contributed by atoms with van der Waals surface area (Å²) in [4.78, 5) is 14.3. The average Bonchev–Trinajstić information content (AvgIpc) is 3.12. The zero-order valence-electron chi connectivity index (χ0n) is 15.4. The largest absolute Gasteiger partial charge is 0.338 e. The van der Waals surface area contributed by atoms with E-state index in [0.29, 0.717) is 31.5 Å². The first-order valence-corrected chi connectivity index (χ1v) is 11.3. The molecule has 2 saturated heterocycles. The lowest BCUT2D eigenvalue weighted by atomic mass is 9.84. The van der Waals surface area contributed by atoms with E-state index in [2.05, 4.69) is 17.4 Å². The van der Waals surface area contributed by atoms with Crippen molar-refractivity contribution in [3.05, 3.63) is 35.9 Å². The normalized spacial score (nSPS) is 22.5. The molecule has 3 rings (SSSR count). The lowest BCUT2D eigenvalue weighted by molar-refractivity contribution is 0.191. The molecular weight excluding hydrogens is 350 g/mol. The van der Waals surface area contributed by atoms with Crippen LogP contribution in [0.25, 0.3) is 0 Å². The van der Waals surface area contributed by atoms with E-state index in [1.807, 2.05) is 23.1 Å². The van der Waals surface area contributed by atoms with Crippen LogP contribution in [-0.2, 0) is 16.4 Å². The number of rotatable bonds is 5. The molecule has 7 heteroatoms. The summed E-state index contributed by atoms with van der Waals surface area (Å²) in [6.45, 7) is 3.47. The van der Waals surface area contributed by atoms with Gasteiger partial charge >= 0.3 is 6.03 Å². The molecule has 1 unspecified atom stereocenters. The monoisotopic (exact) mass is 379 g/mol. The minimum Gasteiger partial charge on any atom is -0.338 e. The summed E-state index contributed by atoms with van der Waals surface area (Å²) in [7, 11) is -3.07. The molecule has 0 aliphatic carbocycles. The van der Waals surface area contributed by atoms with Gasteiger partial charge in [0.25, 0.3) is 0 Å². The predicted octanol–water partition coefficient (Wildman–Crippen LogP) is 1.93. The van der Waals surface area contributed by atoms with Crippen molar-refractivity contribution in [2.75, 3.05) is 39.0 Å². The van der Waals surface area contributed by atoms with Crippen molar-refractivity contribution in [3.8, 4) is 0 Å². The number of piperidine rings is 1. The number of sulfonamides is 1. The molecule has 1 aromatic carbocycles. The van der Waals surface area contributed by atoms with Gasteiger partial charge in [-0.25, -0.2) is 17.5 Å². The summed E-state index contributed by atoms with van der Waals surface area (Å²) in [5, 5.41) is 3.02. The number of hydrogen-bond acceptors (Lipinski definition) is 3. The van der Waals surface area contributed by atoms with Crippen molar-refractivity contribution in [3.63, 3.8) is 0 Å². The van der Waals surface area contributed by atoms with Gasteiger partial charge in [-0.3, -0.25) is 0 Å². The van der Waals surface area contributed by atoms with Gasteiger partial charge in [0.15, 0.2) is 0 Å². The Morgan fingerprint density at radius 2 is 1.73 bits per heavy atom. The van der Waals surface area contributed by atoms with E-state index < -0.39 is 10.0 Å². The smallest absolute Gasteiger partial charge is 0.317 e. The third kappa shape index (κ3) is 4.98. The summed E-state index contributed by atoms with van der Waals surface area (Å²) >= 11 is 0. The Bertz CT molecular complexity index is 700. The molecule has 2 fully saturated rings. The van der Waals surface area contributed by atoms with Crippen molar-refractivity contribution < 1.29 is 13.2 Å². The van der Waals surface area contributed by atoms with Gasteiger partial charge in [0.2, 0.25) is 10.0 Å². The number of nitrogens with zero attached hydrogens (tertiary/aromatic N) is 2. The molecule has 1 atom stereocenters. The molecule has 0 saturated carbocycles. The van der Waals surface area contributed by atoms with E-state index in [1.165, 1.54) is 11.8 Å². The molecule has 0 radical (unpaired) electrons. The second kappa shape index (κ2) is 8.39. The van der Waals surface area contributed by atoms with Crippen molar-refractivity contribution in [1.82, 2.24) is 14.5 Å². The predicted molar refractivity (Wildman–Crippen MR) is 102 cm³/mol. The van der Waals surface area contributed by atoms with Gasteiger partial charge in [0.05, 0.1) is 6.26 Å². The number of amides is 2. The zero-order valence-corrected chi connectivity index (χ0v) is 16.2. The van der Waals surface area contributed by atoms with E-state index in [4.69, 9.17) is 0 Å². The third-order valence-corrected chi connectivity index (χ3v) is 6.98. The molecular formula is C19H29N3O3S. The van der Waals surface area contributed by atoms with Crippen LogP contribution < -0.4 is 5.32 Å². The molecule has 2 aliphatic heterocycles. The first-order chi connectivity index (χ1) is 12.4. The highest BCUT2D eigenvalue weighted by Crippen LogP contribution is 2.32. The van der Waals surface area contributed by atoms with E-state index in [0.717, 1.165) is 38.8 Å². The second-order valence-electron chi connectivity index (χ2n) is 7.46. The Morgan fingerprint density at radius 3 is 2.38 bits per heavy atom. The summed E-state index contributed by atoms with van der Waals surface area (Å²) in [5.41, 5.74) is 1.23. The van der Waals surface area contributed by atoms with Gasteiger partial charge in [-0.1, -0.05) is 30.3 Å². The highest BCUT2D eigenvalue weighted by atomic mass is 32.2. The SMILES string of the molecule is CS(=O)(=O)N1CCC(C2CCN(C(=O)NCCc3ccccc3)C2)CC1. The average molecular weight is 380 g/mol. The number of benzene rings is 1. The Balaban J connectivity index is 1.40. The fourth-order valence-corrected chi connectivity index (χ4v) is 4.98. The standard InChI is InChI=1S/C19H29N3O3S/c1-26(24,25)22-13-9-17(10-14-22)18-8-12-21(15-18)19(23)20-11-7-16-5-3-2-4-6-16/h2-6,17-18H,7-15H2,1H3,(H,20,23). The van der Waals surface area contributed by atoms with Crippen LogP contribution in [0, 0.1) is 11.8 Å². The molecule has 0 bridgehead atoms. The van der Waals surface area contributed by atoms with Crippen molar-refractivity contribution in [1.29, 1.82) is 0 Å². The first kappa shape index (κ1) is 19.2. The molecule has 2 heterocycles. The van der Waals surface area contributed by atoms with Crippen molar-refractivity contribution in [2.45, 2.75) is 25.7 Å². The molecule has 0 aromatic heterocycles. The van der Waals surface area contributed by atoms with Crippen LogP contribution in [0.2, 0.25) is 0 Å². The summed E-state index contributed by atoms with van der Waals surface area (Å²) in [6.07, 6.45) is 4.95. The van der Waals surface area contributed by atoms with E-state index in [9.17, 15) is 13.2 Å². The van der Waals surface area contributed by atoms with E-state index >= 15 is 0 Å². The fraction of sp³-hybridized carbons (Fsp3) is 0.632. The van der Waals surface area contributed by atoms with Gasteiger partial charge in [0, 0.05) is 32.7 Å². The van der Waals surface area contributed by atoms with Gasteiger partial charge in [-0.15, -0.1) is 0 Å². The third-order valence-electron chi connectivity index (χ3n) is 5.68. The molecule has 1 N–H and O–H groups in total. The number of carbonyl (C=O) groups excluding carboxylic acids is 1. The second-order valence-corrected chi connectivity index (χ2v) is 9.44. The quantitative estimate of drug-likeness (QED) is 0.850. The molecule has 144 valence electrons. The molecule has 0 spiro atoms. The Hall–Kier alpha value is -1.60. The van der Waals surface area contributed by atoms with Gasteiger partial charge in [-0.05, 0) is 43.1 Å². The molecule has 26 heavy (non-hydrogen) atoms. The highest BCUT2D eigenvalue weighted by molar-refractivity contribution is 7.88.